The number of nitrogens with zero attached hydrogens (tertiary/aromatic N) is 1. The molecule has 0 aromatic heterocycles. The summed E-state index contributed by atoms with van der Waals surface area (Å²) in [6, 6.07) is 9.06. The Morgan fingerprint density at radius 2 is 1.81 bits per heavy atom. The van der Waals surface area contributed by atoms with Gasteiger partial charge in [0.25, 0.3) is 5.91 Å². The molecule has 0 atom stereocenters. The number of rotatable bonds is 7. The van der Waals surface area contributed by atoms with Gasteiger partial charge < -0.3 is 14.8 Å². The van der Waals surface area contributed by atoms with E-state index in [0.29, 0.717) is 13.2 Å². The normalized spacial score (nSPS) is 15.4. The fourth-order valence-corrected chi connectivity index (χ4v) is 4.96. The second-order valence-corrected chi connectivity index (χ2v) is 9.71. The van der Waals surface area contributed by atoms with Crippen LogP contribution in [0.3, 0.4) is 0 Å². The van der Waals surface area contributed by atoms with Gasteiger partial charge in [0.15, 0.2) is 0 Å². The summed E-state index contributed by atoms with van der Waals surface area (Å²) < 4.78 is 75.3. The number of morpholine rings is 1. The van der Waals surface area contributed by atoms with Gasteiger partial charge in [-0.25, -0.2) is 8.42 Å². The van der Waals surface area contributed by atoms with Gasteiger partial charge in [-0.2, -0.15) is 17.5 Å². The highest BCUT2D eigenvalue weighted by Crippen LogP contribution is 2.37. The van der Waals surface area contributed by atoms with Gasteiger partial charge in [-0.05, 0) is 61.2 Å². The van der Waals surface area contributed by atoms with Gasteiger partial charge in [0.2, 0.25) is 10.0 Å². The molecule has 0 aliphatic carbocycles. The Balaban J connectivity index is 1.84. The highest BCUT2D eigenvalue weighted by molar-refractivity contribution is 8.00. The first-order valence-electron chi connectivity index (χ1n) is 9.62. The zero-order valence-electron chi connectivity index (χ0n) is 17.0. The number of thioether (sulfide) groups is 1. The predicted molar refractivity (Wildman–Crippen MR) is 113 cm³/mol. The lowest BCUT2D eigenvalue weighted by Crippen LogP contribution is -2.40. The number of amides is 1. The Labute approximate surface area is 187 Å². The molecule has 12 heteroatoms. The third-order valence-corrected chi connectivity index (χ3v) is 7.09. The van der Waals surface area contributed by atoms with Crippen molar-refractivity contribution in [2.45, 2.75) is 22.2 Å². The average molecular weight is 491 g/mol. The van der Waals surface area contributed by atoms with Crippen molar-refractivity contribution < 1.29 is 35.9 Å². The zero-order chi connectivity index (χ0) is 23.4. The van der Waals surface area contributed by atoms with Gasteiger partial charge in [-0.3, -0.25) is 4.79 Å². The van der Waals surface area contributed by atoms with Gasteiger partial charge in [0.1, 0.15) is 5.75 Å². The molecule has 0 saturated carbocycles. The fourth-order valence-electron chi connectivity index (χ4n) is 2.99. The molecule has 1 N–H and O–H groups in total. The minimum Gasteiger partial charge on any atom is -0.492 e. The number of halogens is 3. The van der Waals surface area contributed by atoms with Crippen molar-refractivity contribution >= 4 is 33.4 Å². The number of ether oxygens (including phenoxy) is 2. The monoisotopic (exact) mass is 490 g/mol. The molecule has 0 spiro atoms. The molecule has 0 bridgehead atoms. The molecule has 2 aromatic carbocycles. The molecule has 0 radical (unpaired) electrons. The molecule has 1 fully saturated rings. The van der Waals surface area contributed by atoms with Crippen molar-refractivity contribution in [3.8, 4) is 5.75 Å². The Hall–Kier alpha value is -2.28. The van der Waals surface area contributed by atoms with Crippen molar-refractivity contribution in [1.82, 2.24) is 4.31 Å². The zero-order valence-corrected chi connectivity index (χ0v) is 18.6. The summed E-state index contributed by atoms with van der Waals surface area (Å²) in [5.74, 6) is -0.346. The lowest BCUT2D eigenvalue weighted by molar-refractivity contribution is -0.0328. The topological polar surface area (TPSA) is 84.9 Å². The average Bonchev–Trinajstić information content (AvgIpc) is 2.75. The van der Waals surface area contributed by atoms with Crippen LogP contribution in [0.5, 0.6) is 5.75 Å². The number of benzene rings is 2. The number of sulfonamides is 1. The molecule has 32 heavy (non-hydrogen) atoms. The van der Waals surface area contributed by atoms with E-state index in [-0.39, 0.29) is 58.2 Å². The Kier molecular flexibility index (Phi) is 7.70. The van der Waals surface area contributed by atoms with Crippen LogP contribution >= 0.6 is 11.8 Å². The molecule has 174 valence electrons. The number of hydrogen-bond acceptors (Lipinski definition) is 6. The predicted octanol–water partition coefficient (Wildman–Crippen LogP) is 3.97. The first-order chi connectivity index (χ1) is 15.1. The van der Waals surface area contributed by atoms with Crippen LogP contribution in [-0.4, -0.2) is 57.0 Å². The number of hydrogen-bond donors (Lipinski definition) is 1. The Morgan fingerprint density at radius 1 is 1.16 bits per heavy atom. The SMILES string of the molecule is CCOc1ccc(S(=O)(=O)N2CCOCC2)cc1NC(=O)c1ccc(SC(F)(F)F)cc1. The van der Waals surface area contributed by atoms with Crippen LogP contribution in [0.4, 0.5) is 18.9 Å². The number of anilines is 1. The van der Waals surface area contributed by atoms with E-state index in [2.05, 4.69) is 5.32 Å². The van der Waals surface area contributed by atoms with Crippen molar-refractivity contribution in [2.24, 2.45) is 0 Å². The van der Waals surface area contributed by atoms with Crippen LogP contribution in [0.2, 0.25) is 0 Å². The van der Waals surface area contributed by atoms with E-state index in [9.17, 15) is 26.4 Å². The van der Waals surface area contributed by atoms with Crippen molar-refractivity contribution in [3.05, 3.63) is 48.0 Å². The lowest BCUT2D eigenvalue weighted by atomic mass is 10.2. The standard InChI is InChI=1S/C20H21F3N2O5S2/c1-2-30-18-8-7-16(32(27,28)25-9-11-29-12-10-25)13-17(18)24-19(26)14-3-5-15(6-4-14)31-20(21,22)23/h3-8,13H,2,9-12H2,1H3,(H,24,26). The van der Waals surface area contributed by atoms with Gasteiger partial charge in [0, 0.05) is 23.5 Å². The highest BCUT2D eigenvalue weighted by atomic mass is 32.2. The summed E-state index contributed by atoms with van der Waals surface area (Å²) in [4.78, 5) is 12.6. The fraction of sp³-hybridized carbons (Fsp3) is 0.350. The molecule has 1 aliphatic heterocycles. The maximum absolute atomic E-state index is 12.9. The summed E-state index contributed by atoms with van der Waals surface area (Å²) >= 11 is -0.280. The molecule has 1 amide bonds. The summed E-state index contributed by atoms with van der Waals surface area (Å²) in [6.07, 6.45) is 0. The highest BCUT2D eigenvalue weighted by Gasteiger charge is 2.29. The number of carbonyl (C=O) groups excluding carboxylic acids is 1. The van der Waals surface area contributed by atoms with E-state index < -0.39 is 21.4 Å². The quantitative estimate of drug-likeness (QED) is 0.592. The molecular weight excluding hydrogens is 469 g/mol. The van der Waals surface area contributed by atoms with Gasteiger partial charge in [-0.1, -0.05) is 0 Å². The van der Waals surface area contributed by atoms with Gasteiger partial charge in [0.05, 0.1) is 30.4 Å². The van der Waals surface area contributed by atoms with Crippen molar-refractivity contribution in [1.29, 1.82) is 0 Å². The molecule has 0 unspecified atom stereocenters. The minimum absolute atomic E-state index is 0.0184. The number of carbonyl (C=O) groups is 1. The Morgan fingerprint density at radius 3 is 2.41 bits per heavy atom. The second kappa shape index (κ2) is 10.1. The van der Waals surface area contributed by atoms with Crippen molar-refractivity contribution in [2.75, 3.05) is 38.2 Å². The third-order valence-electron chi connectivity index (χ3n) is 4.46. The smallest absolute Gasteiger partial charge is 0.446 e. The molecular formula is C20H21F3N2O5S2. The molecule has 2 aromatic rings. The maximum Gasteiger partial charge on any atom is 0.446 e. The van der Waals surface area contributed by atoms with Crippen LogP contribution in [0.1, 0.15) is 17.3 Å². The van der Waals surface area contributed by atoms with Crippen LogP contribution in [-0.2, 0) is 14.8 Å². The van der Waals surface area contributed by atoms with E-state index in [1.165, 1.54) is 46.8 Å². The molecule has 1 aliphatic rings. The van der Waals surface area contributed by atoms with Crippen molar-refractivity contribution in [3.63, 3.8) is 0 Å². The van der Waals surface area contributed by atoms with Crippen LogP contribution < -0.4 is 10.1 Å². The summed E-state index contributed by atoms with van der Waals surface area (Å²) in [5.41, 5.74) is -4.18. The maximum atomic E-state index is 12.9. The van der Waals surface area contributed by atoms with Crippen LogP contribution in [0, 0.1) is 0 Å². The lowest BCUT2D eigenvalue weighted by Gasteiger charge is -2.26. The molecule has 1 saturated heterocycles. The molecule has 3 rings (SSSR count). The van der Waals surface area contributed by atoms with E-state index in [4.69, 9.17) is 9.47 Å². The van der Waals surface area contributed by atoms with Gasteiger partial charge >= 0.3 is 5.51 Å². The van der Waals surface area contributed by atoms with E-state index >= 15 is 0 Å². The van der Waals surface area contributed by atoms with E-state index in [1.807, 2.05) is 0 Å². The summed E-state index contributed by atoms with van der Waals surface area (Å²) in [5, 5.41) is 2.59. The van der Waals surface area contributed by atoms with Crippen LogP contribution in [0.25, 0.3) is 0 Å². The third kappa shape index (κ3) is 6.15. The van der Waals surface area contributed by atoms with Gasteiger partial charge in [-0.15, -0.1) is 0 Å². The number of alkyl halides is 3. The first kappa shape index (κ1) is 24.4. The summed E-state index contributed by atoms with van der Waals surface area (Å²) in [6.45, 7) is 3.05. The molecule has 7 nitrogen and oxygen atoms in total. The van der Waals surface area contributed by atoms with E-state index in [0.717, 1.165) is 0 Å². The minimum atomic E-state index is -4.43. The summed E-state index contributed by atoms with van der Waals surface area (Å²) in [7, 11) is -3.80. The first-order valence-corrected chi connectivity index (χ1v) is 11.9. The Bertz CT molecular complexity index is 1050. The molecule has 1 heterocycles. The second-order valence-electron chi connectivity index (χ2n) is 6.63. The van der Waals surface area contributed by atoms with E-state index in [1.54, 1.807) is 6.92 Å². The number of nitrogens with one attached hydrogen (secondary N) is 1. The largest absolute Gasteiger partial charge is 0.492 e. The van der Waals surface area contributed by atoms with Crippen LogP contribution in [0.15, 0.2) is 52.3 Å².